The molecule has 6 heteroatoms. The van der Waals surface area contributed by atoms with Gasteiger partial charge < -0.3 is 20.1 Å². The van der Waals surface area contributed by atoms with E-state index in [4.69, 9.17) is 9.47 Å². The van der Waals surface area contributed by atoms with Crippen molar-refractivity contribution in [3.8, 4) is 5.75 Å². The van der Waals surface area contributed by atoms with Crippen LogP contribution in [0.25, 0.3) is 0 Å². The number of nitrogens with zero attached hydrogens (tertiary/aromatic N) is 1. The third kappa shape index (κ3) is 7.52. The highest BCUT2D eigenvalue weighted by Gasteiger charge is 2.05. The van der Waals surface area contributed by atoms with Crippen LogP contribution >= 0.6 is 24.0 Å². The largest absolute Gasteiger partial charge is 0.493 e. The molecule has 0 saturated heterocycles. The van der Waals surface area contributed by atoms with Crippen LogP contribution in [-0.2, 0) is 11.3 Å². The Morgan fingerprint density at radius 2 is 2.05 bits per heavy atom. The molecule has 1 aromatic rings. The van der Waals surface area contributed by atoms with Gasteiger partial charge >= 0.3 is 0 Å². The van der Waals surface area contributed by atoms with E-state index >= 15 is 0 Å². The van der Waals surface area contributed by atoms with Gasteiger partial charge in [0.25, 0.3) is 0 Å². The Hall–Kier alpha value is -1.02. The van der Waals surface area contributed by atoms with Crippen LogP contribution in [0.2, 0.25) is 0 Å². The lowest BCUT2D eigenvalue weighted by atomic mass is 10.1. The molecule has 1 aromatic carbocycles. The number of guanidine groups is 1. The van der Waals surface area contributed by atoms with E-state index in [-0.39, 0.29) is 24.0 Å². The number of nitrogens with one attached hydrogen (secondary N) is 2. The molecule has 2 N–H and O–H groups in total. The molecule has 0 aliphatic rings. The summed E-state index contributed by atoms with van der Waals surface area (Å²) in [7, 11) is 5.29. The average molecular weight is 407 g/mol. The zero-order valence-corrected chi connectivity index (χ0v) is 15.6. The molecule has 0 aliphatic carbocycles. The molecule has 0 radical (unpaired) electrons. The van der Waals surface area contributed by atoms with Crippen LogP contribution in [0.5, 0.6) is 5.75 Å². The highest BCUT2D eigenvalue weighted by atomic mass is 127. The second-order valence-corrected chi connectivity index (χ2v) is 4.48. The van der Waals surface area contributed by atoms with Gasteiger partial charge in [0.05, 0.1) is 6.61 Å². The number of hydrogen-bond acceptors (Lipinski definition) is 3. The van der Waals surface area contributed by atoms with Crippen molar-refractivity contribution in [1.82, 2.24) is 10.6 Å². The number of benzene rings is 1. The van der Waals surface area contributed by atoms with Crippen molar-refractivity contribution in [2.75, 3.05) is 34.4 Å². The van der Waals surface area contributed by atoms with Gasteiger partial charge in [0.1, 0.15) is 5.75 Å². The zero-order chi connectivity index (χ0) is 14.8. The van der Waals surface area contributed by atoms with Crippen LogP contribution in [0.4, 0.5) is 0 Å². The molecule has 1 rings (SSSR count). The molecule has 0 fully saturated rings. The first-order chi connectivity index (χ1) is 9.71. The number of ether oxygens (including phenoxy) is 2. The predicted molar refractivity (Wildman–Crippen MR) is 97.8 cm³/mol. The van der Waals surface area contributed by atoms with Crippen molar-refractivity contribution in [2.45, 2.75) is 19.9 Å². The highest BCUT2D eigenvalue weighted by molar-refractivity contribution is 14.0. The maximum absolute atomic E-state index is 5.84. The van der Waals surface area contributed by atoms with Crippen molar-refractivity contribution in [1.29, 1.82) is 0 Å². The maximum Gasteiger partial charge on any atom is 0.190 e. The van der Waals surface area contributed by atoms with Gasteiger partial charge in [-0.1, -0.05) is 12.1 Å². The number of methoxy groups -OCH3 is 1. The highest BCUT2D eigenvalue weighted by Crippen LogP contribution is 2.20. The molecule has 0 heterocycles. The normalized spacial score (nSPS) is 10.8. The van der Waals surface area contributed by atoms with Gasteiger partial charge in [-0.3, -0.25) is 4.99 Å². The molecule has 21 heavy (non-hydrogen) atoms. The predicted octanol–water partition coefficient (Wildman–Crippen LogP) is 2.32. The van der Waals surface area contributed by atoms with Gasteiger partial charge in [-0.05, 0) is 18.6 Å². The smallest absolute Gasteiger partial charge is 0.190 e. The lowest BCUT2D eigenvalue weighted by Gasteiger charge is -2.14. The average Bonchev–Trinajstić information content (AvgIpc) is 2.46. The number of halogens is 1. The van der Waals surface area contributed by atoms with Gasteiger partial charge in [0.15, 0.2) is 5.96 Å². The third-order valence-electron chi connectivity index (χ3n) is 2.88. The lowest BCUT2D eigenvalue weighted by Crippen LogP contribution is -2.34. The fourth-order valence-corrected chi connectivity index (χ4v) is 1.79. The summed E-state index contributed by atoms with van der Waals surface area (Å²) in [5.41, 5.74) is 2.30. The van der Waals surface area contributed by atoms with Crippen molar-refractivity contribution in [2.24, 2.45) is 4.99 Å². The minimum atomic E-state index is 0. The fraction of sp³-hybridized carbons (Fsp3) is 0.533. The summed E-state index contributed by atoms with van der Waals surface area (Å²) in [5, 5.41) is 6.23. The molecule has 120 valence electrons. The lowest BCUT2D eigenvalue weighted by molar-refractivity contribution is 0.172. The molecule has 0 amide bonds. The van der Waals surface area contributed by atoms with Gasteiger partial charge in [0.2, 0.25) is 0 Å². The molecule has 0 bridgehead atoms. The summed E-state index contributed by atoms with van der Waals surface area (Å²) in [4.78, 5) is 4.09. The monoisotopic (exact) mass is 407 g/mol. The van der Waals surface area contributed by atoms with E-state index < -0.39 is 0 Å². The summed E-state index contributed by atoms with van der Waals surface area (Å²) in [6.45, 7) is 4.11. The van der Waals surface area contributed by atoms with E-state index in [0.717, 1.165) is 23.7 Å². The van der Waals surface area contributed by atoms with Crippen molar-refractivity contribution >= 4 is 29.9 Å². The van der Waals surface area contributed by atoms with E-state index in [1.54, 1.807) is 14.2 Å². The van der Waals surface area contributed by atoms with Crippen molar-refractivity contribution < 1.29 is 9.47 Å². The van der Waals surface area contributed by atoms with Gasteiger partial charge in [-0.2, -0.15) is 0 Å². The Morgan fingerprint density at radius 1 is 1.29 bits per heavy atom. The van der Waals surface area contributed by atoms with Gasteiger partial charge in [-0.15, -0.1) is 24.0 Å². The summed E-state index contributed by atoms with van der Waals surface area (Å²) in [6, 6.07) is 6.23. The number of aryl methyl sites for hydroxylation is 1. The van der Waals surface area contributed by atoms with E-state index in [0.29, 0.717) is 19.8 Å². The zero-order valence-electron chi connectivity index (χ0n) is 13.2. The van der Waals surface area contributed by atoms with Crippen LogP contribution in [-0.4, -0.2) is 40.4 Å². The Morgan fingerprint density at radius 3 is 2.67 bits per heavy atom. The minimum absolute atomic E-state index is 0. The summed E-state index contributed by atoms with van der Waals surface area (Å²) in [6.07, 6.45) is 0.884. The third-order valence-corrected chi connectivity index (χ3v) is 2.88. The number of rotatable bonds is 7. The summed E-state index contributed by atoms with van der Waals surface area (Å²) in [5.74, 6) is 1.68. The van der Waals surface area contributed by atoms with E-state index in [9.17, 15) is 0 Å². The van der Waals surface area contributed by atoms with Crippen molar-refractivity contribution in [3.63, 3.8) is 0 Å². The first kappa shape index (κ1) is 20.0. The Balaban J connectivity index is 0.00000400. The Labute approximate surface area is 144 Å². The molecule has 0 spiro atoms. The van der Waals surface area contributed by atoms with Gasteiger partial charge in [0, 0.05) is 46.3 Å². The molecule has 0 aliphatic heterocycles. The Bertz CT molecular complexity index is 439. The standard InChI is InChI=1S/C15H25N3O2.HI/c1-12-6-7-13(11-18-15(16-2)17-3)14(10-12)20-9-5-8-19-4;/h6-7,10H,5,8-9,11H2,1-4H3,(H2,16,17,18);1H. The fourth-order valence-electron chi connectivity index (χ4n) is 1.79. The van der Waals surface area contributed by atoms with Crippen LogP contribution in [0.15, 0.2) is 23.2 Å². The molecule has 0 unspecified atom stereocenters. The topological polar surface area (TPSA) is 54.9 Å². The number of hydrogen-bond donors (Lipinski definition) is 2. The second kappa shape index (κ2) is 11.6. The quantitative estimate of drug-likeness (QED) is 0.315. The summed E-state index contributed by atoms with van der Waals surface area (Å²) >= 11 is 0. The molecule has 5 nitrogen and oxygen atoms in total. The minimum Gasteiger partial charge on any atom is -0.493 e. The van der Waals surface area contributed by atoms with Crippen LogP contribution in [0.1, 0.15) is 17.5 Å². The first-order valence-corrected chi connectivity index (χ1v) is 6.81. The molecular formula is C15H26IN3O2. The SMILES string of the molecule is CN=C(NC)NCc1ccc(C)cc1OCCCOC.I. The molecule has 0 atom stereocenters. The van der Waals surface area contributed by atoms with Crippen LogP contribution < -0.4 is 15.4 Å². The van der Waals surface area contributed by atoms with Crippen molar-refractivity contribution in [3.05, 3.63) is 29.3 Å². The second-order valence-electron chi connectivity index (χ2n) is 4.48. The Kier molecular flexibility index (Phi) is 11.1. The number of aliphatic imine (C=N–C) groups is 1. The maximum atomic E-state index is 5.84. The van der Waals surface area contributed by atoms with E-state index in [1.807, 2.05) is 7.05 Å². The van der Waals surface area contributed by atoms with Crippen LogP contribution in [0.3, 0.4) is 0 Å². The van der Waals surface area contributed by atoms with E-state index in [1.165, 1.54) is 5.56 Å². The summed E-state index contributed by atoms with van der Waals surface area (Å²) < 4.78 is 10.9. The molecule has 0 aromatic heterocycles. The van der Waals surface area contributed by atoms with Crippen LogP contribution in [0, 0.1) is 6.92 Å². The van der Waals surface area contributed by atoms with E-state index in [2.05, 4.69) is 40.7 Å². The molecule has 0 saturated carbocycles. The molecular weight excluding hydrogens is 381 g/mol. The first-order valence-electron chi connectivity index (χ1n) is 6.81. The van der Waals surface area contributed by atoms with Gasteiger partial charge in [-0.25, -0.2) is 0 Å².